The van der Waals surface area contributed by atoms with Crippen molar-refractivity contribution < 1.29 is 4.74 Å². The summed E-state index contributed by atoms with van der Waals surface area (Å²) in [6, 6.07) is 26.5. The molecule has 0 bridgehead atoms. The summed E-state index contributed by atoms with van der Waals surface area (Å²) in [5.74, 6) is 3.59. The highest BCUT2D eigenvalue weighted by molar-refractivity contribution is 5.92. The van der Waals surface area contributed by atoms with Gasteiger partial charge in [0.25, 0.3) is 0 Å². The van der Waals surface area contributed by atoms with Gasteiger partial charge >= 0.3 is 0 Å². The molecule has 3 aliphatic rings. The third-order valence-corrected chi connectivity index (χ3v) is 10.1. The molecule has 6 aromatic rings. The van der Waals surface area contributed by atoms with Gasteiger partial charge in [-0.2, -0.15) is 0 Å². The van der Waals surface area contributed by atoms with Crippen LogP contribution in [-0.2, 0) is 0 Å². The Morgan fingerprint density at radius 2 is 1.47 bits per heavy atom. The van der Waals surface area contributed by atoms with Crippen molar-refractivity contribution in [3.63, 3.8) is 0 Å². The molecule has 5 heterocycles. The van der Waals surface area contributed by atoms with Crippen LogP contribution < -0.4 is 10.1 Å². The van der Waals surface area contributed by atoms with E-state index < -0.39 is 0 Å². The monoisotopic (exact) mass is 594 g/mol. The van der Waals surface area contributed by atoms with Crippen molar-refractivity contribution in [2.45, 2.75) is 69.6 Å². The van der Waals surface area contributed by atoms with Gasteiger partial charge in [0.2, 0.25) is 6.23 Å². The van der Waals surface area contributed by atoms with Crippen LogP contribution in [0.15, 0.2) is 85.2 Å². The molecule has 1 saturated carbocycles. The maximum atomic E-state index is 6.89. The smallest absolute Gasteiger partial charge is 0.203 e. The Hall–Kier alpha value is -4.62. The zero-order chi connectivity index (χ0) is 29.7. The third-order valence-electron chi connectivity index (χ3n) is 10.1. The maximum Gasteiger partial charge on any atom is 0.203 e. The van der Waals surface area contributed by atoms with Crippen LogP contribution in [0.3, 0.4) is 0 Å². The number of rotatable bonds is 5. The van der Waals surface area contributed by atoms with Crippen LogP contribution in [0.2, 0.25) is 0 Å². The lowest BCUT2D eigenvalue weighted by Gasteiger charge is -2.30. The molecule has 226 valence electrons. The minimum absolute atomic E-state index is 0.275. The van der Waals surface area contributed by atoms with Crippen LogP contribution >= 0.6 is 0 Å². The van der Waals surface area contributed by atoms with Crippen LogP contribution in [0.5, 0.6) is 5.75 Å². The molecule has 2 atom stereocenters. The lowest BCUT2D eigenvalue weighted by molar-refractivity contribution is 0.173. The van der Waals surface area contributed by atoms with Crippen LogP contribution in [0.1, 0.15) is 86.8 Å². The largest absolute Gasteiger partial charge is 0.465 e. The second-order valence-corrected chi connectivity index (χ2v) is 13.0. The summed E-state index contributed by atoms with van der Waals surface area (Å²) in [5.41, 5.74) is 8.88. The quantitative estimate of drug-likeness (QED) is 0.174. The number of fused-ring (bicyclic) bond motifs is 5. The Bertz CT molecular complexity index is 1970. The number of benzene rings is 3. The molecule has 2 fully saturated rings. The zero-order valence-corrected chi connectivity index (χ0v) is 25.4. The van der Waals surface area contributed by atoms with Gasteiger partial charge in [-0.25, -0.2) is 9.97 Å². The van der Waals surface area contributed by atoms with Crippen molar-refractivity contribution in [1.82, 2.24) is 29.8 Å². The van der Waals surface area contributed by atoms with Gasteiger partial charge in [0.15, 0.2) is 0 Å². The Labute approximate surface area is 263 Å². The molecule has 3 N–H and O–H groups in total. The van der Waals surface area contributed by atoms with Crippen molar-refractivity contribution in [3.05, 3.63) is 102 Å². The van der Waals surface area contributed by atoms with Gasteiger partial charge in [-0.1, -0.05) is 68.1 Å². The van der Waals surface area contributed by atoms with E-state index in [1.54, 1.807) is 0 Å². The van der Waals surface area contributed by atoms with Gasteiger partial charge in [-0.15, -0.1) is 0 Å². The fourth-order valence-corrected chi connectivity index (χ4v) is 7.69. The van der Waals surface area contributed by atoms with Crippen LogP contribution in [0, 0.1) is 0 Å². The molecule has 1 aliphatic carbocycles. The molecular weight excluding hydrogens is 556 g/mol. The molecule has 3 aromatic carbocycles. The first-order chi connectivity index (χ1) is 22.3. The van der Waals surface area contributed by atoms with Crippen molar-refractivity contribution in [2.24, 2.45) is 0 Å². The lowest BCUT2D eigenvalue weighted by Crippen LogP contribution is -2.22. The molecule has 1 saturated heterocycles. The molecule has 0 spiro atoms. The van der Waals surface area contributed by atoms with E-state index in [1.165, 1.54) is 50.3 Å². The minimum atomic E-state index is -0.275. The summed E-state index contributed by atoms with van der Waals surface area (Å²) in [4.78, 5) is 16.8. The number of aromatic nitrogens is 5. The Morgan fingerprint density at radius 3 is 2.27 bits per heavy atom. The molecular formula is C38H38N6O. The SMILES string of the molecule is c1ccc([C@@H]2Oc3cc(-c4cnc(C5CCCCCC5)[nH]4)ccc3-c3cc4cc(-c5cnc([C@@H]6CCCN6)[nH]5)ccc4n32)cc1. The zero-order valence-electron chi connectivity index (χ0n) is 25.4. The van der Waals surface area contributed by atoms with Gasteiger partial charge in [0.05, 0.1) is 41.0 Å². The highest BCUT2D eigenvalue weighted by atomic mass is 16.5. The number of ether oxygens (including phenoxy) is 1. The Kier molecular flexibility index (Phi) is 6.58. The number of nitrogens with zero attached hydrogens (tertiary/aromatic N) is 3. The number of hydrogen-bond donors (Lipinski definition) is 3. The van der Waals surface area contributed by atoms with Crippen molar-refractivity contribution in [2.75, 3.05) is 6.54 Å². The Morgan fingerprint density at radius 1 is 0.711 bits per heavy atom. The van der Waals surface area contributed by atoms with E-state index in [4.69, 9.17) is 14.7 Å². The van der Waals surface area contributed by atoms with Gasteiger partial charge in [-0.05, 0) is 62.6 Å². The van der Waals surface area contributed by atoms with E-state index in [1.807, 2.05) is 12.4 Å². The second kappa shape index (κ2) is 11.1. The first-order valence-corrected chi connectivity index (χ1v) is 16.6. The molecule has 7 nitrogen and oxygen atoms in total. The highest BCUT2D eigenvalue weighted by Crippen LogP contribution is 2.46. The summed E-state index contributed by atoms with van der Waals surface area (Å²) in [5, 5.41) is 4.73. The number of imidazole rings is 2. The molecule has 2 aliphatic heterocycles. The number of H-pyrrole nitrogens is 2. The number of aromatic amines is 2. The van der Waals surface area contributed by atoms with Gasteiger partial charge in [-0.3, -0.25) is 0 Å². The van der Waals surface area contributed by atoms with Gasteiger partial charge in [0.1, 0.15) is 17.4 Å². The fraction of sp³-hybridized carbons (Fsp3) is 0.316. The second-order valence-electron chi connectivity index (χ2n) is 13.0. The Balaban J connectivity index is 1.11. The average molecular weight is 595 g/mol. The lowest BCUT2D eigenvalue weighted by atomic mass is 10.00. The van der Waals surface area contributed by atoms with Gasteiger partial charge in [0, 0.05) is 33.6 Å². The molecule has 0 radical (unpaired) electrons. The summed E-state index contributed by atoms with van der Waals surface area (Å²) in [6.45, 7) is 1.06. The van der Waals surface area contributed by atoms with Crippen LogP contribution in [-0.4, -0.2) is 31.0 Å². The average Bonchev–Trinajstić information content (AvgIpc) is 3.90. The molecule has 0 unspecified atom stereocenters. The summed E-state index contributed by atoms with van der Waals surface area (Å²) in [7, 11) is 0. The van der Waals surface area contributed by atoms with E-state index >= 15 is 0 Å². The van der Waals surface area contributed by atoms with E-state index in [-0.39, 0.29) is 6.23 Å². The van der Waals surface area contributed by atoms with Crippen LogP contribution in [0.25, 0.3) is 44.7 Å². The molecule has 45 heavy (non-hydrogen) atoms. The standard InChI is InChI=1S/C38H38N6O/c1-2-5-10-24(9-4-1)36-40-22-32(42-36)27-14-16-29-34-20-28-19-26(31-23-41-37(43-31)30-13-8-18-39-30)15-17-33(28)44(34)38(45-35(29)21-27)25-11-6-3-7-12-25/h3,6-7,11-12,14-17,19-24,30,38-39H,1-2,4-5,8-10,13,18H2,(H,40,42)(H,41,43)/t30-,38-/m0/s1. The fourth-order valence-electron chi connectivity index (χ4n) is 7.69. The molecule has 0 amide bonds. The topological polar surface area (TPSA) is 83.6 Å². The summed E-state index contributed by atoms with van der Waals surface area (Å²) in [6.07, 6.45) is 13.7. The van der Waals surface area contributed by atoms with Crippen molar-refractivity contribution in [1.29, 1.82) is 0 Å². The normalized spacial score (nSPS) is 20.1. The first kappa shape index (κ1) is 26.8. The number of hydrogen-bond acceptors (Lipinski definition) is 4. The number of nitrogens with one attached hydrogen (secondary N) is 3. The minimum Gasteiger partial charge on any atom is -0.465 e. The molecule has 3 aromatic heterocycles. The van der Waals surface area contributed by atoms with E-state index in [9.17, 15) is 0 Å². The maximum absolute atomic E-state index is 6.89. The predicted molar refractivity (Wildman–Crippen MR) is 178 cm³/mol. The predicted octanol–water partition coefficient (Wildman–Crippen LogP) is 8.89. The first-order valence-electron chi connectivity index (χ1n) is 16.6. The summed E-state index contributed by atoms with van der Waals surface area (Å²) >= 11 is 0. The van der Waals surface area contributed by atoms with E-state index in [0.717, 1.165) is 75.2 Å². The van der Waals surface area contributed by atoms with Gasteiger partial charge < -0.3 is 24.6 Å². The molecule has 9 rings (SSSR count). The van der Waals surface area contributed by atoms with E-state index in [2.05, 4.69) is 92.6 Å². The third kappa shape index (κ3) is 4.77. The summed E-state index contributed by atoms with van der Waals surface area (Å²) < 4.78 is 9.24. The van der Waals surface area contributed by atoms with E-state index in [0.29, 0.717) is 12.0 Å². The van der Waals surface area contributed by atoms with Crippen molar-refractivity contribution in [3.8, 4) is 39.5 Å². The molecule has 7 heteroatoms. The highest BCUT2D eigenvalue weighted by Gasteiger charge is 2.30. The van der Waals surface area contributed by atoms with Crippen molar-refractivity contribution >= 4 is 10.9 Å². The van der Waals surface area contributed by atoms with Crippen LogP contribution in [0.4, 0.5) is 0 Å².